The minimum Gasteiger partial charge on any atom is -0.488 e. The second-order valence-electron chi connectivity index (χ2n) is 6.81. The van der Waals surface area contributed by atoms with Gasteiger partial charge in [-0.1, -0.05) is 55.3 Å². The van der Waals surface area contributed by atoms with Gasteiger partial charge >= 0.3 is 5.97 Å². The lowest BCUT2D eigenvalue weighted by Gasteiger charge is -2.18. The minimum atomic E-state index is -0.847. The molecule has 5 nitrogen and oxygen atoms in total. The Bertz CT molecular complexity index is 769. The van der Waals surface area contributed by atoms with E-state index in [1.807, 2.05) is 30.3 Å². The van der Waals surface area contributed by atoms with Gasteiger partial charge in [0.05, 0.1) is 0 Å². The number of rotatable bonds is 7. The molecule has 1 fully saturated rings. The highest BCUT2D eigenvalue weighted by Gasteiger charge is 2.24. The van der Waals surface area contributed by atoms with Crippen LogP contribution in [0.3, 0.4) is 0 Å². The summed E-state index contributed by atoms with van der Waals surface area (Å²) in [6.45, 7) is 1.94. The van der Waals surface area contributed by atoms with Crippen LogP contribution in [0, 0.1) is 0 Å². The first kappa shape index (κ1) is 19.0. The largest absolute Gasteiger partial charge is 0.488 e. The number of hydrogen-bond acceptors (Lipinski definition) is 4. The van der Waals surface area contributed by atoms with E-state index in [0.29, 0.717) is 17.9 Å². The van der Waals surface area contributed by atoms with Crippen molar-refractivity contribution in [1.29, 1.82) is 0 Å². The van der Waals surface area contributed by atoms with Crippen LogP contribution in [-0.2, 0) is 16.1 Å². The van der Waals surface area contributed by atoms with Gasteiger partial charge in [0.25, 0.3) is 5.91 Å². The zero-order chi connectivity index (χ0) is 19.1. The summed E-state index contributed by atoms with van der Waals surface area (Å²) < 4.78 is 11.2. The molecule has 1 unspecified atom stereocenters. The van der Waals surface area contributed by atoms with Crippen LogP contribution in [0.5, 0.6) is 5.75 Å². The number of hydrogen-bond donors (Lipinski definition) is 1. The van der Waals surface area contributed by atoms with Gasteiger partial charge in [-0.3, -0.25) is 4.79 Å². The fourth-order valence-electron chi connectivity index (χ4n) is 3.16. The van der Waals surface area contributed by atoms with Crippen molar-refractivity contribution in [2.75, 3.05) is 0 Å². The van der Waals surface area contributed by atoms with Gasteiger partial charge in [0.2, 0.25) is 0 Å². The molecule has 1 N–H and O–H groups in total. The van der Waals surface area contributed by atoms with Gasteiger partial charge in [0.15, 0.2) is 6.10 Å². The van der Waals surface area contributed by atoms with E-state index in [1.54, 1.807) is 31.2 Å². The average molecular weight is 367 g/mol. The van der Waals surface area contributed by atoms with Crippen molar-refractivity contribution in [2.24, 2.45) is 0 Å². The fraction of sp³-hybridized carbons (Fsp3) is 0.364. The molecule has 3 rings (SSSR count). The molecule has 2 aromatic carbocycles. The maximum atomic E-state index is 12.5. The molecular formula is C22H25NO4. The molecule has 0 bridgehead atoms. The lowest BCUT2D eigenvalue weighted by Crippen LogP contribution is -2.40. The first-order chi connectivity index (χ1) is 13.1. The molecule has 0 spiro atoms. The minimum absolute atomic E-state index is 0.195. The molecule has 0 heterocycles. The third-order valence-corrected chi connectivity index (χ3v) is 4.70. The highest BCUT2D eigenvalue weighted by molar-refractivity contribution is 5.94. The van der Waals surface area contributed by atoms with Gasteiger partial charge < -0.3 is 14.8 Å². The topological polar surface area (TPSA) is 64.6 Å². The molecule has 142 valence electrons. The highest BCUT2D eigenvalue weighted by atomic mass is 16.5. The van der Waals surface area contributed by atoms with Crippen molar-refractivity contribution in [3.63, 3.8) is 0 Å². The summed E-state index contributed by atoms with van der Waals surface area (Å²) in [6, 6.07) is 16.8. The first-order valence-corrected chi connectivity index (χ1v) is 9.40. The molecular weight excluding hydrogens is 342 g/mol. The van der Waals surface area contributed by atoms with Gasteiger partial charge in [-0.05, 0) is 37.5 Å². The van der Waals surface area contributed by atoms with E-state index in [9.17, 15) is 9.59 Å². The fourth-order valence-corrected chi connectivity index (χ4v) is 3.16. The number of ether oxygens (including phenoxy) is 2. The summed E-state index contributed by atoms with van der Waals surface area (Å²) in [5.74, 6) is -0.375. The van der Waals surface area contributed by atoms with Crippen molar-refractivity contribution in [2.45, 2.75) is 51.4 Å². The molecule has 1 atom stereocenters. The number of para-hydroxylation sites is 1. The number of carbonyl (C=O) groups excluding carboxylic acids is 2. The van der Waals surface area contributed by atoms with Crippen molar-refractivity contribution < 1.29 is 19.1 Å². The van der Waals surface area contributed by atoms with Crippen LogP contribution in [0.2, 0.25) is 0 Å². The molecule has 0 aromatic heterocycles. The van der Waals surface area contributed by atoms with E-state index >= 15 is 0 Å². The van der Waals surface area contributed by atoms with E-state index in [0.717, 1.165) is 31.2 Å². The lowest BCUT2D eigenvalue weighted by molar-refractivity contribution is -0.129. The number of amides is 1. The van der Waals surface area contributed by atoms with E-state index in [1.165, 1.54) is 0 Å². The number of benzene rings is 2. The molecule has 1 aliphatic rings. The Morgan fingerprint density at radius 3 is 2.44 bits per heavy atom. The second-order valence-corrected chi connectivity index (χ2v) is 6.81. The van der Waals surface area contributed by atoms with Crippen LogP contribution in [0.1, 0.15) is 48.5 Å². The summed E-state index contributed by atoms with van der Waals surface area (Å²) in [6.07, 6.45) is 3.39. The quantitative estimate of drug-likeness (QED) is 0.755. The Morgan fingerprint density at radius 1 is 1.04 bits per heavy atom. The standard InChI is InChI=1S/C22H25NO4/c1-16(21(24)23-18-11-5-6-12-18)27-22(25)19-13-7-8-14-20(19)26-15-17-9-3-2-4-10-17/h2-4,7-10,13-14,16,18H,5-6,11-12,15H2,1H3,(H,23,24). The van der Waals surface area contributed by atoms with E-state index < -0.39 is 12.1 Å². The van der Waals surface area contributed by atoms with Crippen molar-refractivity contribution in [1.82, 2.24) is 5.32 Å². The Balaban J connectivity index is 1.59. The molecule has 0 radical (unpaired) electrons. The van der Waals surface area contributed by atoms with Gasteiger partial charge in [0.1, 0.15) is 17.9 Å². The predicted octanol–water partition coefficient (Wildman–Crippen LogP) is 3.87. The van der Waals surface area contributed by atoms with E-state index in [2.05, 4.69) is 5.32 Å². The smallest absolute Gasteiger partial charge is 0.342 e. The van der Waals surface area contributed by atoms with Crippen LogP contribution in [0.25, 0.3) is 0 Å². The van der Waals surface area contributed by atoms with Gasteiger partial charge in [-0.15, -0.1) is 0 Å². The molecule has 1 aliphatic carbocycles. The molecule has 27 heavy (non-hydrogen) atoms. The highest BCUT2D eigenvalue weighted by Crippen LogP contribution is 2.21. The average Bonchev–Trinajstić information content (AvgIpc) is 3.20. The zero-order valence-electron chi connectivity index (χ0n) is 15.5. The van der Waals surface area contributed by atoms with Gasteiger partial charge in [-0.2, -0.15) is 0 Å². The van der Waals surface area contributed by atoms with Gasteiger partial charge in [-0.25, -0.2) is 4.79 Å². The normalized spacial score (nSPS) is 15.1. The summed E-state index contributed by atoms with van der Waals surface area (Å²) >= 11 is 0. The van der Waals surface area contributed by atoms with Crippen molar-refractivity contribution >= 4 is 11.9 Å². The summed E-state index contributed by atoms with van der Waals surface area (Å²) in [5.41, 5.74) is 1.32. The number of esters is 1. The van der Waals surface area contributed by atoms with Crippen molar-refractivity contribution in [3.05, 3.63) is 65.7 Å². The Hall–Kier alpha value is -2.82. The summed E-state index contributed by atoms with van der Waals surface area (Å²) in [4.78, 5) is 24.8. The molecule has 5 heteroatoms. The number of carbonyl (C=O) groups is 2. The Labute approximate surface area is 159 Å². The number of nitrogens with one attached hydrogen (secondary N) is 1. The maximum Gasteiger partial charge on any atom is 0.342 e. The molecule has 0 aliphatic heterocycles. The monoisotopic (exact) mass is 367 g/mol. The van der Waals surface area contributed by atoms with Crippen molar-refractivity contribution in [3.8, 4) is 5.75 Å². The SMILES string of the molecule is CC(OC(=O)c1ccccc1OCc1ccccc1)C(=O)NC1CCCC1. The third-order valence-electron chi connectivity index (χ3n) is 4.70. The molecule has 1 saturated carbocycles. The maximum absolute atomic E-state index is 12.5. The van der Waals surface area contributed by atoms with Crippen LogP contribution in [0.15, 0.2) is 54.6 Å². The Morgan fingerprint density at radius 2 is 1.70 bits per heavy atom. The van der Waals surface area contributed by atoms with Crippen LogP contribution < -0.4 is 10.1 Å². The first-order valence-electron chi connectivity index (χ1n) is 9.40. The van der Waals surface area contributed by atoms with Crippen LogP contribution >= 0.6 is 0 Å². The second kappa shape index (κ2) is 9.21. The van der Waals surface area contributed by atoms with E-state index in [4.69, 9.17) is 9.47 Å². The van der Waals surface area contributed by atoms with Gasteiger partial charge in [0, 0.05) is 6.04 Å². The lowest BCUT2D eigenvalue weighted by atomic mass is 10.2. The van der Waals surface area contributed by atoms with Crippen LogP contribution in [-0.4, -0.2) is 24.0 Å². The summed E-state index contributed by atoms with van der Waals surface area (Å²) in [7, 11) is 0. The Kier molecular flexibility index (Phi) is 6.47. The van der Waals surface area contributed by atoms with Crippen LogP contribution in [0.4, 0.5) is 0 Å². The third kappa shape index (κ3) is 5.33. The molecule has 0 saturated heterocycles. The van der Waals surface area contributed by atoms with E-state index in [-0.39, 0.29) is 11.9 Å². The molecule has 1 amide bonds. The zero-order valence-corrected chi connectivity index (χ0v) is 15.5. The predicted molar refractivity (Wildman–Crippen MR) is 102 cm³/mol. The summed E-state index contributed by atoms with van der Waals surface area (Å²) in [5, 5.41) is 2.95. The molecule has 2 aromatic rings.